The number of amides is 2. The van der Waals surface area contributed by atoms with Gasteiger partial charge in [0.05, 0.1) is 19.2 Å². The van der Waals surface area contributed by atoms with Crippen LogP contribution >= 0.6 is 0 Å². The zero-order chi connectivity index (χ0) is 15.5. The van der Waals surface area contributed by atoms with E-state index in [-0.39, 0.29) is 18.4 Å². The molecule has 2 amide bonds. The summed E-state index contributed by atoms with van der Waals surface area (Å²) in [6.07, 6.45) is 0. The third-order valence-electron chi connectivity index (χ3n) is 2.90. The fraction of sp³-hybridized carbons (Fsp3) is 0.467. The van der Waals surface area contributed by atoms with Gasteiger partial charge in [0.15, 0.2) is 0 Å². The highest BCUT2D eigenvalue weighted by molar-refractivity contribution is 5.83. The number of hydrogen-bond acceptors (Lipinski definition) is 4. The molecule has 6 heteroatoms. The van der Waals surface area contributed by atoms with Crippen molar-refractivity contribution in [2.24, 2.45) is 0 Å². The Hall–Kier alpha value is -1.92. The molecule has 0 bridgehead atoms. The van der Waals surface area contributed by atoms with E-state index in [0.29, 0.717) is 19.7 Å². The smallest absolute Gasteiger partial charge is 0.236 e. The summed E-state index contributed by atoms with van der Waals surface area (Å²) in [6, 6.07) is 9.23. The van der Waals surface area contributed by atoms with E-state index in [4.69, 9.17) is 4.74 Å². The first kappa shape index (κ1) is 17.1. The van der Waals surface area contributed by atoms with Crippen LogP contribution in [-0.2, 0) is 20.9 Å². The van der Waals surface area contributed by atoms with Gasteiger partial charge in [0, 0.05) is 20.2 Å². The minimum absolute atomic E-state index is 0.103. The maximum atomic E-state index is 11.7. The number of hydrogen-bond donors (Lipinski definition) is 3. The highest BCUT2D eigenvalue weighted by Gasteiger charge is 2.12. The van der Waals surface area contributed by atoms with E-state index in [9.17, 15) is 9.59 Å². The van der Waals surface area contributed by atoms with Crippen molar-refractivity contribution in [3.8, 4) is 0 Å². The van der Waals surface area contributed by atoms with Crippen molar-refractivity contribution in [1.82, 2.24) is 16.0 Å². The van der Waals surface area contributed by atoms with E-state index in [2.05, 4.69) is 16.0 Å². The molecule has 0 aliphatic rings. The molecule has 6 nitrogen and oxygen atoms in total. The van der Waals surface area contributed by atoms with Gasteiger partial charge < -0.3 is 15.4 Å². The molecular formula is C15H23N3O3. The lowest BCUT2D eigenvalue weighted by Gasteiger charge is -2.13. The molecule has 1 rings (SSSR count). The van der Waals surface area contributed by atoms with Crippen LogP contribution < -0.4 is 16.0 Å². The van der Waals surface area contributed by atoms with E-state index >= 15 is 0 Å². The van der Waals surface area contributed by atoms with Crippen molar-refractivity contribution >= 4 is 11.8 Å². The average Bonchev–Trinajstić information content (AvgIpc) is 2.51. The van der Waals surface area contributed by atoms with E-state index in [0.717, 1.165) is 5.56 Å². The third kappa shape index (κ3) is 7.43. The van der Waals surface area contributed by atoms with Gasteiger partial charge in [0.2, 0.25) is 11.8 Å². The van der Waals surface area contributed by atoms with Gasteiger partial charge in [-0.15, -0.1) is 0 Å². The molecule has 0 saturated heterocycles. The first-order valence-electron chi connectivity index (χ1n) is 6.94. The van der Waals surface area contributed by atoms with Crippen molar-refractivity contribution in [1.29, 1.82) is 0 Å². The molecule has 0 spiro atoms. The quantitative estimate of drug-likeness (QED) is 0.562. The summed E-state index contributed by atoms with van der Waals surface area (Å²) in [5.74, 6) is -0.293. The molecule has 0 radical (unpaired) electrons. The summed E-state index contributed by atoms with van der Waals surface area (Å²) < 4.78 is 4.84. The maximum Gasteiger partial charge on any atom is 0.236 e. The molecule has 0 aromatic heterocycles. The topological polar surface area (TPSA) is 79.5 Å². The summed E-state index contributed by atoms with van der Waals surface area (Å²) in [6.45, 7) is 3.23. The number of benzene rings is 1. The Balaban J connectivity index is 2.18. The highest BCUT2D eigenvalue weighted by Crippen LogP contribution is 1.96. The highest BCUT2D eigenvalue weighted by atomic mass is 16.5. The van der Waals surface area contributed by atoms with Crippen LogP contribution in [0.5, 0.6) is 0 Å². The van der Waals surface area contributed by atoms with Crippen molar-refractivity contribution in [3.05, 3.63) is 35.9 Å². The minimum atomic E-state index is -0.427. The van der Waals surface area contributed by atoms with Gasteiger partial charge in [0.1, 0.15) is 0 Å². The lowest BCUT2D eigenvalue weighted by atomic mass is 10.2. The number of nitrogens with one attached hydrogen (secondary N) is 3. The van der Waals surface area contributed by atoms with Crippen molar-refractivity contribution in [3.63, 3.8) is 0 Å². The molecule has 0 aliphatic heterocycles. The van der Waals surface area contributed by atoms with Crippen LogP contribution in [0, 0.1) is 0 Å². The second kappa shape index (κ2) is 9.90. The molecule has 21 heavy (non-hydrogen) atoms. The van der Waals surface area contributed by atoms with E-state index in [1.165, 1.54) is 0 Å². The van der Waals surface area contributed by atoms with Gasteiger partial charge >= 0.3 is 0 Å². The molecule has 0 saturated carbocycles. The van der Waals surface area contributed by atoms with Crippen LogP contribution in [0.15, 0.2) is 30.3 Å². The van der Waals surface area contributed by atoms with Crippen LogP contribution in [0.2, 0.25) is 0 Å². The van der Waals surface area contributed by atoms with Gasteiger partial charge in [-0.3, -0.25) is 14.9 Å². The number of ether oxygens (including phenoxy) is 1. The Labute approximate surface area is 125 Å². The molecule has 0 aliphatic carbocycles. The molecule has 1 aromatic rings. The largest absolute Gasteiger partial charge is 0.383 e. The summed E-state index contributed by atoms with van der Waals surface area (Å²) in [5, 5.41) is 8.38. The Kier molecular flexibility index (Phi) is 8.08. The fourth-order valence-electron chi connectivity index (χ4n) is 1.63. The second-order valence-corrected chi connectivity index (χ2v) is 4.65. The molecule has 116 valence electrons. The van der Waals surface area contributed by atoms with Crippen molar-refractivity contribution in [2.75, 3.05) is 26.8 Å². The molecule has 0 heterocycles. The Morgan fingerprint density at radius 3 is 2.57 bits per heavy atom. The van der Waals surface area contributed by atoms with Crippen molar-refractivity contribution < 1.29 is 14.3 Å². The van der Waals surface area contributed by atoms with Crippen LogP contribution in [-0.4, -0.2) is 44.7 Å². The van der Waals surface area contributed by atoms with Crippen LogP contribution in [0.3, 0.4) is 0 Å². The lowest BCUT2D eigenvalue weighted by Crippen LogP contribution is -2.46. The predicted octanol–water partition coefficient (Wildman–Crippen LogP) is 0.0435. The number of methoxy groups -OCH3 is 1. The standard InChI is InChI=1S/C15H23N3O3/c1-12(15(20)16-8-9-21-2)17-11-14(19)18-10-13-6-4-3-5-7-13/h3-7,12,17H,8-11H2,1-2H3,(H,16,20)(H,18,19). The van der Waals surface area contributed by atoms with Gasteiger partial charge in [0.25, 0.3) is 0 Å². The average molecular weight is 293 g/mol. The SMILES string of the molecule is COCCNC(=O)C(C)NCC(=O)NCc1ccccc1. The number of carbonyl (C=O) groups excluding carboxylic acids is 2. The predicted molar refractivity (Wildman–Crippen MR) is 80.6 cm³/mol. The van der Waals surface area contributed by atoms with E-state index in [1.807, 2.05) is 30.3 Å². The normalized spacial score (nSPS) is 11.7. The maximum absolute atomic E-state index is 11.7. The number of rotatable bonds is 9. The molecule has 1 atom stereocenters. The zero-order valence-corrected chi connectivity index (χ0v) is 12.5. The fourth-order valence-corrected chi connectivity index (χ4v) is 1.63. The zero-order valence-electron chi connectivity index (χ0n) is 12.5. The molecule has 0 fully saturated rings. The number of carbonyl (C=O) groups is 2. The molecule has 1 unspecified atom stereocenters. The minimum Gasteiger partial charge on any atom is -0.383 e. The van der Waals surface area contributed by atoms with Crippen LogP contribution in [0.4, 0.5) is 0 Å². The molecular weight excluding hydrogens is 270 g/mol. The Morgan fingerprint density at radius 2 is 1.90 bits per heavy atom. The first-order valence-corrected chi connectivity index (χ1v) is 6.94. The van der Waals surface area contributed by atoms with Gasteiger partial charge in [-0.2, -0.15) is 0 Å². The van der Waals surface area contributed by atoms with Gasteiger partial charge in [-0.25, -0.2) is 0 Å². The van der Waals surface area contributed by atoms with Gasteiger partial charge in [-0.1, -0.05) is 30.3 Å². The van der Waals surface area contributed by atoms with E-state index < -0.39 is 6.04 Å². The first-order chi connectivity index (χ1) is 10.1. The lowest BCUT2D eigenvalue weighted by molar-refractivity contribution is -0.123. The van der Waals surface area contributed by atoms with E-state index in [1.54, 1.807) is 14.0 Å². The van der Waals surface area contributed by atoms with Crippen LogP contribution in [0.25, 0.3) is 0 Å². The van der Waals surface area contributed by atoms with Crippen molar-refractivity contribution in [2.45, 2.75) is 19.5 Å². The molecule has 1 aromatic carbocycles. The van der Waals surface area contributed by atoms with Gasteiger partial charge in [-0.05, 0) is 12.5 Å². The summed E-state index contributed by atoms with van der Waals surface area (Å²) in [7, 11) is 1.57. The summed E-state index contributed by atoms with van der Waals surface area (Å²) >= 11 is 0. The summed E-state index contributed by atoms with van der Waals surface area (Å²) in [4.78, 5) is 23.3. The molecule has 3 N–H and O–H groups in total. The Bertz CT molecular complexity index is 437. The summed E-state index contributed by atoms with van der Waals surface area (Å²) in [5.41, 5.74) is 1.04. The van der Waals surface area contributed by atoms with Crippen LogP contribution in [0.1, 0.15) is 12.5 Å². The second-order valence-electron chi connectivity index (χ2n) is 4.65. The third-order valence-corrected chi connectivity index (χ3v) is 2.90. The Morgan fingerprint density at radius 1 is 1.19 bits per heavy atom. The monoisotopic (exact) mass is 293 g/mol.